The van der Waals surface area contributed by atoms with Crippen molar-refractivity contribution in [1.82, 2.24) is 0 Å². The number of anilines is 6. The van der Waals surface area contributed by atoms with E-state index in [-0.39, 0.29) is 52.4 Å². The number of rotatable bonds is 39. The maximum absolute atomic E-state index is 9.80. The zero-order valence-corrected chi connectivity index (χ0v) is 68.2. The Morgan fingerprint density at radius 2 is 0.500 bits per heavy atom. The summed E-state index contributed by atoms with van der Waals surface area (Å²) in [6.07, 6.45) is 8.51. The molecule has 1 saturated carbocycles. The number of hydrogen-bond acceptors (Lipinski definition) is 18. The first-order chi connectivity index (χ1) is 55.6. The van der Waals surface area contributed by atoms with Gasteiger partial charge in [0, 0.05) is 147 Å². The van der Waals surface area contributed by atoms with Gasteiger partial charge < -0.3 is 93.6 Å². The molecule has 2 unspecified atom stereocenters. The molecule has 10 aromatic carbocycles. The Morgan fingerprint density at radius 3 is 0.719 bits per heavy atom. The Kier molecular flexibility index (Phi) is 43.5. The summed E-state index contributed by atoms with van der Waals surface area (Å²) in [5, 5.41) is 78.7. The van der Waals surface area contributed by atoms with Gasteiger partial charge in [-0.05, 0) is 228 Å². The molecule has 0 aromatic heterocycles. The molecule has 1 aliphatic carbocycles. The normalized spacial score (nSPS) is 12.8. The molecule has 0 amide bonds. The molecule has 11 rings (SSSR count). The fourth-order valence-electron chi connectivity index (χ4n) is 13.6. The lowest BCUT2D eigenvalue weighted by atomic mass is 9.82. The van der Waals surface area contributed by atoms with Crippen LogP contribution < -0.4 is 52.8 Å². The second-order valence-electron chi connectivity index (χ2n) is 28.1. The standard InChI is InChI=1S/C21H32N4O2.C19H21ClO.C19H26N2O3.C17H22ClN3.C17H20ClNO2/c22-9-11-24(12-10-23)20-5-1-18(2-6-20)17-19-3-7-21(8-4-19)25(13-15-26)14-16-27;20-18-10-6-15(7-11-18)12-14-4-8-16(9-5-14)17-2-1-3-19(21)13-17;22-12-9-20-18-5-1-16(2-6-18)15-17-3-7-19(8-4-17)21(10-13-23)11-14-24;18-16-5-1-14(2-6-16)13-15-3-7-17(8-4-15)21(11-9-19)12-10-20;18-16-5-1-14(2-6-16)13-15-3-7-17(8-4-15)19(9-11-20)10-12-21/h1-8,26-27H,9-17,22-23H2;4-11,17,19,21H,1-3,12-13H2;1-8,20,22-24H,9-15H2;1-8H,9-13,19-20H2;1-8,20-21H,9-13H2. The van der Waals surface area contributed by atoms with Crippen LogP contribution in [0.15, 0.2) is 243 Å². The highest BCUT2D eigenvalue weighted by Gasteiger charge is 2.22. The molecular formula is C93H121Cl3N10O8. The van der Waals surface area contributed by atoms with Crippen LogP contribution in [-0.2, 0) is 32.1 Å². The Labute approximate surface area is 691 Å². The number of halogens is 3. The van der Waals surface area contributed by atoms with Gasteiger partial charge >= 0.3 is 0 Å². The number of aliphatic hydroxyl groups excluding tert-OH is 8. The van der Waals surface area contributed by atoms with Crippen LogP contribution in [0.2, 0.25) is 15.1 Å². The highest BCUT2D eigenvalue weighted by Crippen LogP contribution is 2.34. The number of aliphatic hydroxyl groups is 8. The van der Waals surface area contributed by atoms with E-state index in [0.29, 0.717) is 77.9 Å². The number of nitrogens with two attached hydrogens (primary N) is 4. The molecule has 0 spiro atoms. The van der Waals surface area contributed by atoms with Crippen molar-refractivity contribution in [2.45, 2.75) is 69.8 Å². The van der Waals surface area contributed by atoms with E-state index in [1.54, 1.807) is 0 Å². The van der Waals surface area contributed by atoms with Gasteiger partial charge in [-0.3, -0.25) is 0 Å². The average molecular weight is 1610 g/mol. The van der Waals surface area contributed by atoms with Gasteiger partial charge in [0.2, 0.25) is 0 Å². The molecule has 10 aromatic rings. The van der Waals surface area contributed by atoms with Crippen LogP contribution >= 0.6 is 34.8 Å². The molecule has 0 radical (unpaired) electrons. The number of nitrogens with zero attached hydrogens (tertiary/aromatic N) is 5. The quantitative estimate of drug-likeness (QED) is 0.0170. The van der Waals surface area contributed by atoms with Gasteiger partial charge in [0.15, 0.2) is 0 Å². The Balaban J connectivity index is 0.000000198. The maximum Gasteiger partial charge on any atom is 0.0606 e. The molecular weight excluding hydrogens is 1490 g/mol. The summed E-state index contributed by atoms with van der Waals surface area (Å²) >= 11 is 17.7. The molecule has 2 atom stereocenters. The van der Waals surface area contributed by atoms with Crippen LogP contribution in [0.3, 0.4) is 0 Å². The summed E-state index contributed by atoms with van der Waals surface area (Å²) in [5.41, 5.74) is 42.9. The van der Waals surface area contributed by atoms with Gasteiger partial charge in [0.05, 0.1) is 52.4 Å². The van der Waals surface area contributed by atoms with Crippen molar-refractivity contribution >= 4 is 68.9 Å². The van der Waals surface area contributed by atoms with Gasteiger partial charge in [-0.25, -0.2) is 0 Å². The summed E-state index contributed by atoms with van der Waals surface area (Å²) in [7, 11) is 0. The molecule has 21 heteroatoms. The number of hydrogen-bond donors (Lipinski definition) is 13. The highest BCUT2D eigenvalue weighted by molar-refractivity contribution is 6.31. The number of benzene rings is 10. The van der Waals surface area contributed by atoms with Gasteiger partial charge in [-0.15, -0.1) is 0 Å². The minimum atomic E-state index is -0.113. The van der Waals surface area contributed by atoms with Crippen LogP contribution in [0.25, 0.3) is 0 Å². The zero-order chi connectivity index (χ0) is 81.5. The molecule has 17 N–H and O–H groups in total. The molecule has 114 heavy (non-hydrogen) atoms. The SMILES string of the molecule is NCCN(CCN)c1ccc(Cc2ccc(Cl)cc2)cc1.NCCN(CCN)c1ccc(Cc2ccc(N(CCO)CCO)cc2)cc1.OC1CCCC(c2ccc(Cc3ccc(Cl)cc3)cc2)C1.OCCN(CCO)c1ccc(Cc2ccc(Cl)cc2)cc1.OCCNc1ccc(Cc2ccc(N(CCO)CCO)cc2)cc1. The largest absolute Gasteiger partial charge is 0.395 e. The Morgan fingerprint density at radius 1 is 0.281 bits per heavy atom. The van der Waals surface area contributed by atoms with Crippen molar-refractivity contribution in [2.75, 3.05) is 174 Å². The van der Waals surface area contributed by atoms with Gasteiger partial charge in [0.25, 0.3) is 0 Å². The van der Waals surface area contributed by atoms with Crippen molar-refractivity contribution in [3.63, 3.8) is 0 Å². The zero-order valence-electron chi connectivity index (χ0n) is 65.9. The lowest BCUT2D eigenvalue weighted by Gasteiger charge is -2.26. The van der Waals surface area contributed by atoms with Crippen molar-refractivity contribution in [2.24, 2.45) is 22.9 Å². The predicted octanol–water partition coefficient (Wildman–Crippen LogP) is 12.6. The minimum Gasteiger partial charge on any atom is -0.395 e. The van der Waals surface area contributed by atoms with Gasteiger partial charge in [0.1, 0.15) is 0 Å². The van der Waals surface area contributed by atoms with E-state index in [1.807, 2.05) is 112 Å². The average Bonchev–Trinajstić information content (AvgIpc) is 0.967. The summed E-state index contributed by atoms with van der Waals surface area (Å²) < 4.78 is 0. The second kappa shape index (κ2) is 53.5. The van der Waals surface area contributed by atoms with Crippen LogP contribution in [0.1, 0.15) is 92.8 Å². The van der Waals surface area contributed by atoms with Crippen molar-refractivity contribution in [3.8, 4) is 0 Å². The Hall–Kier alpha value is -8.61. The van der Waals surface area contributed by atoms with Gasteiger partial charge in [-0.2, -0.15) is 0 Å². The smallest absolute Gasteiger partial charge is 0.0606 e. The molecule has 1 fully saturated rings. The first kappa shape index (κ1) is 92.6. The molecule has 0 saturated heterocycles. The highest BCUT2D eigenvalue weighted by atomic mass is 35.5. The third-order valence-electron chi connectivity index (χ3n) is 19.6. The lowest BCUT2D eigenvalue weighted by Crippen LogP contribution is -2.33. The van der Waals surface area contributed by atoms with E-state index in [0.717, 1.165) is 121 Å². The summed E-state index contributed by atoms with van der Waals surface area (Å²) in [6, 6.07) is 82.8. The van der Waals surface area contributed by atoms with Crippen molar-refractivity contribution in [3.05, 3.63) is 319 Å². The van der Waals surface area contributed by atoms with Crippen molar-refractivity contribution < 1.29 is 40.9 Å². The monoisotopic (exact) mass is 1610 g/mol. The second-order valence-corrected chi connectivity index (χ2v) is 29.4. The topological polar surface area (TPSA) is 294 Å². The minimum absolute atomic E-state index is 0.0679. The first-order valence-corrected chi connectivity index (χ1v) is 40.9. The fraction of sp³-hybridized carbons (Fsp3) is 0.355. The molecule has 0 aliphatic heterocycles. The predicted molar refractivity (Wildman–Crippen MR) is 476 cm³/mol. The van der Waals surface area contributed by atoms with Crippen molar-refractivity contribution in [1.29, 1.82) is 0 Å². The van der Waals surface area contributed by atoms with E-state index in [1.165, 1.54) is 73.3 Å². The maximum atomic E-state index is 9.80. The van der Waals surface area contributed by atoms with E-state index in [4.69, 9.17) is 93.5 Å². The first-order valence-electron chi connectivity index (χ1n) is 39.7. The molecule has 0 heterocycles. The molecule has 18 nitrogen and oxygen atoms in total. The Bertz CT molecular complexity index is 3830. The van der Waals surface area contributed by atoms with Crippen LogP contribution in [0, 0.1) is 0 Å². The summed E-state index contributed by atoms with van der Waals surface area (Å²) in [5.74, 6) is 0.526. The van der Waals surface area contributed by atoms with E-state index >= 15 is 0 Å². The van der Waals surface area contributed by atoms with Crippen LogP contribution in [0.4, 0.5) is 34.1 Å². The molecule has 612 valence electrons. The van der Waals surface area contributed by atoms with Crippen LogP contribution in [0.5, 0.6) is 0 Å². The van der Waals surface area contributed by atoms with Gasteiger partial charge in [-0.1, -0.05) is 175 Å². The lowest BCUT2D eigenvalue weighted by molar-refractivity contribution is 0.119. The third kappa shape index (κ3) is 33.7. The van der Waals surface area contributed by atoms with E-state index < -0.39 is 0 Å². The fourth-order valence-corrected chi connectivity index (χ4v) is 14.0. The molecule has 0 bridgehead atoms. The van der Waals surface area contributed by atoms with E-state index in [2.05, 4.69) is 161 Å². The van der Waals surface area contributed by atoms with Crippen LogP contribution in [-0.4, -0.2) is 191 Å². The third-order valence-corrected chi connectivity index (χ3v) is 20.4. The summed E-state index contributed by atoms with van der Waals surface area (Å²) in [6.45, 7) is 9.96. The van der Waals surface area contributed by atoms with E-state index in [9.17, 15) is 5.11 Å². The molecule has 1 aliphatic rings. The summed E-state index contributed by atoms with van der Waals surface area (Å²) in [4.78, 5) is 10.3. The number of nitrogens with one attached hydrogen (secondary N) is 1.